The number of hydrogen-bond donors (Lipinski definition) is 2. The van der Waals surface area contributed by atoms with Gasteiger partial charge in [0.2, 0.25) is 0 Å². The fourth-order valence-corrected chi connectivity index (χ4v) is 2.49. The molecule has 1 unspecified atom stereocenters. The summed E-state index contributed by atoms with van der Waals surface area (Å²) in [5.41, 5.74) is 2.70. The van der Waals surface area contributed by atoms with Crippen LogP contribution in [0.2, 0.25) is 0 Å². The highest BCUT2D eigenvalue weighted by molar-refractivity contribution is 5.94. The summed E-state index contributed by atoms with van der Waals surface area (Å²) in [7, 11) is 0. The van der Waals surface area contributed by atoms with Crippen LogP contribution in [0.4, 0.5) is 5.69 Å². The minimum atomic E-state index is -1.05. The second-order valence-electron chi connectivity index (χ2n) is 6.65. The van der Waals surface area contributed by atoms with Crippen molar-refractivity contribution in [1.29, 1.82) is 0 Å². The molecule has 6 heteroatoms. The summed E-state index contributed by atoms with van der Waals surface area (Å²) in [4.78, 5) is 22.9. The number of carboxylic acids is 1. The van der Waals surface area contributed by atoms with Gasteiger partial charge in [-0.3, -0.25) is 4.79 Å². The van der Waals surface area contributed by atoms with Crippen LogP contribution in [0.15, 0.2) is 42.5 Å². The second kappa shape index (κ2) is 9.07. The average Bonchev–Trinajstić information content (AvgIpc) is 2.60. The first-order valence-corrected chi connectivity index (χ1v) is 8.79. The molecule has 0 spiro atoms. The van der Waals surface area contributed by atoms with Gasteiger partial charge in [-0.05, 0) is 61.2 Å². The lowest BCUT2D eigenvalue weighted by atomic mass is 10.0. The van der Waals surface area contributed by atoms with Crippen molar-refractivity contribution in [2.45, 2.75) is 39.7 Å². The summed E-state index contributed by atoms with van der Waals surface area (Å²) in [5.74, 6) is 0.0981. The molecule has 0 aliphatic rings. The summed E-state index contributed by atoms with van der Waals surface area (Å²) in [6.07, 6.45) is -0.674. The van der Waals surface area contributed by atoms with E-state index < -0.39 is 18.7 Å². The van der Waals surface area contributed by atoms with Gasteiger partial charge >= 0.3 is 5.97 Å². The lowest BCUT2D eigenvalue weighted by Gasteiger charge is -2.19. The van der Waals surface area contributed by atoms with Crippen LogP contribution < -0.4 is 14.8 Å². The molecule has 0 bridgehead atoms. The number of carbonyl (C=O) groups excluding carboxylic acids is 1. The molecule has 0 aromatic heterocycles. The topological polar surface area (TPSA) is 84.9 Å². The number of hydrogen-bond acceptors (Lipinski definition) is 4. The summed E-state index contributed by atoms with van der Waals surface area (Å²) in [6, 6.07) is 12.5. The van der Waals surface area contributed by atoms with E-state index >= 15 is 0 Å². The van der Waals surface area contributed by atoms with Crippen molar-refractivity contribution in [1.82, 2.24) is 0 Å². The monoisotopic (exact) mass is 371 g/mol. The molecule has 0 radical (unpaired) electrons. The Morgan fingerprint density at radius 2 is 1.74 bits per heavy atom. The number of ether oxygens (including phenoxy) is 2. The van der Waals surface area contributed by atoms with E-state index in [1.54, 1.807) is 31.2 Å². The zero-order valence-electron chi connectivity index (χ0n) is 16.0. The summed E-state index contributed by atoms with van der Waals surface area (Å²) >= 11 is 0. The van der Waals surface area contributed by atoms with Gasteiger partial charge in [0.15, 0.2) is 12.7 Å². The van der Waals surface area contributed by atoms with Gasteiger partial charge in [-0.2, -0.15) is 0 Å². The SMILES string of the molecule is Cc1ccc(C(C)C)c(OC(C)C(=O)Nc2ccc(OCC(=O)O)cc2)c1. The van der Waals surface area contributed by atoms with Gasteiger partial charge in [0, 0.05) is 5.69 Å². The largest absolute Gasteiger partial charge is 0.482 e. The standard InChI is InChI=1S/C21H25NO5/c1-13(2)18-10-5-14(3)11-19(18)27-15(4)21(25)22-16-6-8-17(9-7-16)26-12-20(23)24/h5-11,13,15H,12H2,1-4H3,(H,22,25)(H,23,24). The molecular formula is C21H25NO5. The third kappa shape index (κ3) is 6.02. The highest BCUT2D eigenvalue weighted by Gasteiger charge is 2.18. The molecule has 0 aliphatic heterocycles. The van der Waals surface area contributed by atoms with Crippen molar-refractivity contribution in [3.05, 3.63) is 53.6 Å². The quantitative estimate of drug-likeness (QED) is 0.733. The number of anilines is 1. The van der Waals surface area contributed by atoms with Crippen molar-refractivity contribution >= 4 is 17.6 Å². The van der Waals surface area contributed by atoms with Gasteiger partial charge in [0.1, 0.15) is 11.5 Å². The molecule has 0 saturated heterocycles. The molecule has 6 nitrogen and oxygen atoms in total. The number of carboxylic acid groups (broad SMARTS) is 1. The molecule has 1 amide bonds. The Labute approximate surface area is 159 Å². The predicted molar refractivity (Wildman–Crippen MR) is 104 cm³/mol. The fourth-order valence-electron chi connectivity index (χ4n) is 2.49. The van der Waals surface area contributed by atoms with E-state index in [2.05, 4.69) is 19.2 Å². The van der Waals surface area contributed by atoms with Crippen molar-refractivity contribution in [3.63, 3.8) is 0 Å². The van der Waals surface area contributed by atoms with E-state index in [1.165, 1.54) is 0 Å². The molecule has 0 saturated carbocycles. The lowest BCUT2D eigenvalue weighted by Crippen LogP contribution is -2.30. The Morgan fingerprint density at radius 1 is 1.07 bits per heavy atom. The third-order valence-electron chi connectivity index (χ3n) is 3.95. The van der Waals surface area contributed by atoms with Crippen LogP contribution in [0, 0.1) is 6.92 Å². The van der Waals surface area contributed by atoms with Crippen LogP contribution >= 0.6 is 0 Å². The molecule has 2 N–H and O–H groups in total. The Morgan fingerprint density at radius 3 is 2.33 bits per heavy atom. The van der Waals surface area contributed by atoms with E-state index in [9.17, 15) is 9.59 Å². The Bertz CT molecular complexity index is 799. The van der Waals surface area contributed by atoms with Gasteiger partial charge in [0.05, 0.1) is 0 Å². The molecule has 2 aromatic carbocycles. The molecular weight excluding hydrogens is 346 g/mol. The number of aryl methyl sites for hydroxylation is 1. The first kappa shape index (κ1) is 20.3. The van der Waals surface area contributed by atoms with Crippen LogP contribution in [0.25, 0.3) is 0 Å². The van der Waals surface area contributed by atoms with Crippen molar-refractivity contribution < 1.29 is 24.2 Å². The zero-order valence-corrected chi connectivity index (χ0v) is 16.0. The van der Waals surface area contributed by atoms with Gasteiger partial charge in [0.25, 0.3) is 5.91 Å². The van der Waals surface area contributed by atoms with Crippen LogP contribution in [0.5, 0.6) is 11.5 Å². The molecule has 27 heavy (non-hydrogen) atoms. The molecule has 144 valence electrons. The van der Waals surface area contributed by atoms with Gasteiger partial charge in [-0.15, -0.1) is 0 Å². The second-order valence-corrected chi connectivity index (χ2v) is 6.65. The van der Waals surface area contributed by atoms with E-state index in [-0.39, 0.29) is 11.8 Å². The molecule has 0 aliphatic carbocycles. The summed E-state index contributed by atoms with van der Waals surface area (Å²) in [5, 5.41) is 11.4. The number of aliphatic carboxylic acids is 1. The Hall–Kier alpha value is -3.02. The zero-order chi connectivity index (χ0) is 20.0. The Balaban J connectivity index is 2.00. The normalized spacial score (nSPS) is 11.7. The molecule has 1 atom stereocenters. The van der Waals surface area contributed by atoms with Crippen molar-refractivity contribution in [3.8, 4) is 11.5 Å². The maximum Gasteiger partial charge on any atom is 0.341 e. The molecule has 0 heterocycles. The highest BCUT2D eigenvalue weighted by atomic mass is 16.5. The van der Waals surface area contributed by atoms with Crippen molar-refractivity contribution in [2.24, 2.45) is 0 Å². The maximum absolute atomic E-state index is 12.4. The average molecular weight is 371 g/mol. The predicted octanol–water partition coefficient (Wildman–Crippen LogP) is 3.99. The van der Waals surface area contributed by atoms with Gasteiger partial charge < -0.3 is 19.9 Å². The van der Waals surface area contributed by atoms with Crippen molar-refractivity contribution in [2.75, 3.05) is 11.9 Å². The van der Waals surface area contributed by atoms with Crippen LogP contribution in [-0.4, -0.2) is 29.7 Å². The highest BCUT2D eigenvalue weighted by Crippen LogP contribution is 2.28. The fraction of sp³-hybridized carbons (Fsp3) is 0.333. The summed E-state index contributed by atoms with van der Waals surface area (Å²) in [6.45, 7) is 7.43. The molecule has 2 aromatic rings. The lowest BCUT2D eigenvalue weighted by molar-refractivity contribution is -0.139. The number of nitrogens with one attached hydrogen (secondary N) is 1. The summed E-state index contributed by atoms with van der Waals surface area (Å²) < 4.78 is 11.0. The van der Waals surface area contributed by atoms with E-state index in [4.69, 9.17) is 14.6 Å². The Kier molecular flexibility index (Phi) is 6.82. The first-order valence-electron chi connectivity index (χ1n) is 8.79. The van der Waals surface area contributed by atoms with Gasteiger partial charge in [-0.25, -0.2) is 4.79 Å². The number of benzene rings is 2. The smallest absolute Gasteiger partial charge is 0.341 e. The number of carbonyl (C=O) groups is 2. The van der Waals surface area contributed by atoms with E-state index in [0.29, 0.717) is 17.2 Å². The van der Waals surface area contributed by atoms with Crippen LogP contribution in [0.1, 0.15) is 37.8 Å². The molecule has 2 rings (SSSR count). The van der Waals surface area contributed by atoms with Crippen LogP contribution in [0.3, 0.4) is 0 Å². The van der Waals surface area contributed by atoms with Gasteiger partial charge in [-0.1, -0.05) is 26.0 Å². The minimum absolute atomic E-state index is 0.273. The number of rotatable bonds is 8. The maximum atomic E-state index is 12.4. The van der Waals surface area contributed by atoms with E-state index in [0.717, 1.165) is 11.1 Å². The minimum Gasteiger partial charge on any atom is -0.482 e. The first-order chi connectivity index (χ1) is 12.8. The number of amides is 1. The van der Waals surface area contributed by atoms with Crippen LogP contribution in [-0.2, 0) is 9.59 Å². The third-order valence-corrected chi connectivity index (χ3v) is 3.95. The molecule has 0 fully saturated rings. The van der Waals surface area contributed by atoms with E-state index in [1.807, 2.05) is 25.1 Å².